The molecule has 0 aromatic heterocycles. The zero-order valence-corrected chi connectivity index (χ0v) is 12.8. The first-order valence-corrected chi connectivity index (χ1v) is 7.78. The molecule has 4 heteroatoms. The van der Waals surface area contributed by atoms with E-state index in [0.29, 0.717) is 24.0 Å². The highest BCUT2D eigenvalue weighted by molar-refractivity contribution is 6.31. The largest absolute Gasteiger partial charge is 0.496 e. The zero-order chi connectivity index (χ0) is 14.4. The summed E-state index contributed by atoms with van der Waals surface area (Å²) in [6, 6.07) is 5.63. The summed E-state index contributed by atoms with van der Waals surface area (Å²) in [7, 11) is 1.64. The number of ether oxygens (including phenoxy) is 1. The average molecular weight is 298 g/mol. The lowest BCUT2D eigenvalue weighted by Crippen LogP contribution is -2.28. The Hall–Kier alpha value is -0.770. The van der Waals surface area contributed by atoms with E-state index in [1.807, 2.05) is 18.2 Å². The smallest absolute Gasteiger partial charge is 0.124 e. The van der Waals surface area contributed by atoms with Gasteiger partial charge in [0.2, 0.25) is 0 Å². The summed E-state index contributed by atoms with van der Waals surface area (Å²) in [5.74, 6) is 1.50. The second-order valence-corrected chi connectivity index (χ2v) is 6.00. The van der Waals surface area contributed by atoms with Crippen molar-refractivity contribution in [1.29, 1.82) is 0 Å². The van der Waals surface area contributed by atoms with E-state index in [0.717, 1.165) is 17.7 Å². The summed E-state index contributed by atoms with van der Waals surface area (Å²) in [4.78, 5) is 0. The van der Waals surface area contributed by atoms with E-state index >= 15 is 0 Å². The Morgan fingerprint density at radius 2 is 2.15 bits per heavy atom. The molecule has 0 saturated heterocycles. The average Bonchev–Trinajstić information content (AvgIpc) is 2.93. The number of methoxy groups -OCH3 is 1. The molecule has 2 rings (SSSR count). The van der Waals surface area contributed by atoms with Gasteiger partial charge in [0.15, 0.2) is 0 Å². The van der Waals surface area contributed by atoms with Gasteiger partial charge in [-0.1, -0.05) is 43.4 Å². The number of hydrogen-bond acceptors (Lipinski definition) is 3. The van der Waals surface area contributed by atoms with Crippen molar-refractivity contribution in [3.63, 3.8) is 0 Å². The van der Waals surface area contributed by atoms with Crippen molar-refractivity contribution in [2.45, 2.75) is 44.8 Å². The first kappa shape index (κ1) is 15.6. The third kappa shape index (κ3) is 4.37. The molecular formula is C16H24ClNO2. The molecule has 1 saturated carbocycles. The lowest BCUT2D eigenvalue weighted by Gasteiger charge is -2.17. The first-order chi connectivity index (χ1) is 9.70. The van der Waals surface area contributed by atoms with Crippen molar-refractivity contribution in [3.05, 3.63) is 28.8 Å². The van der Waals surface area contributed by atoms with Crippen molar-refractivity contribution in [2.75, 3.05) is 13.7 Å². The van der Waals surface area contributed by atoms with Crippen LogP contribution in [0, 0.1) is 5.92 Å². The number of rotatable bonds is 7. The third-order valence-electron chi connectivity index (χ3n) is 4.06. The fourth-order valence-electron chi connectivity index (χ4n) is 2.98. The number of nitrogens with one attached hydrogen (secondary N) is 1. The van der Waals surface area contributed by atoms with E-state index in [1.54, 1.807) is 7.11 Å². The molecule has 1 atom stereocenters. The molecule has 0 aliphatic heterocycles. The summed E-state index contributed by atoms with van der Waals surface area (Å²) in [6.07, 6.45) is 5.83. The highest BCUT2D eigenvalue weighted by atomic mass is 35.5. The molecule has 0 bridgehead atoms. The van der Waals surface area contributed by atoms with Crippen LogP contribution in [0.15, 0.2) is 18.2 Å². The Labute approximate surface area is 126 Å². The highest BCUT2D eigenvalue weighted by Gasteiger charge is 2.18. The van der Waals surface area contributed by atoms with Crippen molar-refractivity contribution >= 4 is 11.6 Å². The fraction of sp³-hybridized carbons (Fsp3) is 0.625. The van der Waals surface area contributed by atoms with Crippen molar-refractivity contribution in [3.8, 4) is 5.75 Å². The third-order valence-corrected chi connectivity index (χ3v) is 4.41. The summed E-state index contributed by atoms with van der Waals surface area (Å²) in [5.41, 5.74) is 0.949. The number of benzene rings is 1. The minimum atomic E-state index is -0.272. The van der Waals surface area contributed by atoms with Crippen LogP contribution in [-0.2, 0) is 6.54 Å². The van der Waals surface area contributed by atoms with E-state index in [4.69, 9.17) is 16.3 Å². The Balaban J connectivity index is 1.77. The van der Waals surface area contributed by atoms with E-state index in [1.165, 1.54) is 25.7 Å². The van der Waals surface area contributed by atoms with Gasteiger partial charge in [-0.15, -0.1) is 0 Å². The van der Waals surface area contributed by atoms with Crippen molar-refractivity contribution in [1.82, 2.24) is 5.32 Å². The molecule has 0 radical (unpaired) electrons. The molecule has 20 heavy (non-hydrogen) atoms. The molecule has 1 fully saturated rings. The summed E-state index contributed by atoms with van der Waals surface area (Å²) >= 11 is 6.18. The Morgan fingerprint density at radius 3 is 2.85 bits per heavy atom. The van der Waals surface area contributed by atoms with Crippen LogP contribution in [0.5, 0.6) is 5.75 Å². The molecule has 1 unspecified atom stereocenters. The van der Waals surface area contributed by atoms with Crippen LogP contribution in [0.4, 0.5) is 0 Å². The minimum absolute atomic E-state index is 0.272. The maximum atomic E-state index is 10.1. The first-order valence-electron chi connectivity index (χ1n) is 7.41. The van der Waals surface area contributed by atoms with Crippen LogP contribution < -0.4 is 10.1 Å². The predicted molar refractivity (Wildman–Crippen MR) is 82.3 cm³/mol. The van der Waals surface area contributed by atoms with Gasteiger partial charge in [-0.05, 0) is 24.5 Å². The van der Waals surface area contributed by atoms with Gasteiger partial charge in [-0.25, -0.2) is 0 Å². The quantitative estimate of drug-likeness (QED) is 0.811. The number of halogens is 1. The molecule has 112 valence electrons. The Kier molecular flexibility index (Phi) is 6.14. The SMILES string of the molecule is COc1cccc(Cl)c1CNCC(O)CC1CCCC1. The topological polar surface area (TPSA) is 41.5 Å². The zero-order valence-electron chi connectivity index (χ0n) is 12.1. The van der Waals surface area contributed by atoms with Crippen LogP contribution in [0.1, 0.15) is 37.7 Å². The highest BCUT2D eigenvalue weighted by Crippen LogP contribution is 2.29. The van der Waals surface area contributed by atoms with Gasteiger partial charge < -0.3 is 15.2 Å². The molecule has 0 spiro atoms. The second-order valence-electron chi connectivity index (χ2n) is 5.59. The molecule has 1 aliphatic carbocycles. The Morgan fingerprint density at radius 1 is 1.40 bits per heavy atom. The van der Waals surface area contributed by atoms with Gasteiger partial charge >= 0.3 is 0 Å². The second kappa shape index (κ2) is 7.87. The maximum Gasteiger partial charge on any atom is 0.124 e. The van der Waals surface area contributed by atoms with Gasteiger partial charge in [-0.3, -0.25) is 0 Å². The lowest BCUT2D eigenvalue weighted by molar-refractivity contribution is 0.140. The standard InChI is InChI=1S/C16H24ClNO2/c1-20-16-8-4-7-15(17)14(16)11-18-10-13(19)9-12-5-2-3-6-12/h4,7-8,12-13,18-19H,2-3,5-6,9-11H2,1H3. The normalized spacial score (nSPS) is 17.4. The molecule has 1 aromatic rings. The number of aliphatic hydroxyl groups excluding tert-OH is 1. The number of hydrogen-bond donors (Lipinski definition) is 2. The molecule has 0 amide bonds. The molecule has 0 heterocycles. The fourth-order valence-corrected chi connectivity index (χ4v) is 3.21. The molecule has 3 nitrogen and oxygen atoms in total. The molecule has 2 N–H and O–H groups in total. The molecule has 1 aliphatic rings. The minimum Gasteiger partial charge on any atom is -0.496 e. The van der Waals surface area contributed by atoms with E-state index in [-0.39, 0.29) is 6.10 Å². The molecular weight excluding hydrogens is 274 g/mol. The summed E-state index contributed by atoms with van der Waals surface area (Å²) < 4.78 is 5.30. The van der Waals surface area contributed by atoms with Gasteiger partial charge in [0.25, 0.3) is 0 Å². The lowest BCUT2D eigenvalue weighted by atomic mass is 10.00. The number of aliphatic hydroxyl groups is 1. The van der Waals surface area contributed by atoms with Crippen LogP contribution in [0.3, 0.4) is 0 Å². The van der Waals surface area contributed by atoms with Gasteiger partial charge in [0.05, 0.1) is 13.2 Å². The van der Waals surface area contributed by atoms with Gasteiger partial charge in [0.1, 0.15) is 5.75 Å². The van der Waals surface area contributed by atoms with Crippen molar-refractivity contribution in [2.24, 2.45) is 5.92 Å². The van der Waals surface area contributed by atoms with E-state index in [2.05, 4.69) is 5.32 Å². The van der Waals surface area contributed by atoms with Crippen LogP contribution in [0.2, 0.25) is 5.02 Å². The van der Waals surface area contributed by atoms with Gasteiger partial charge in [-0.2, -0.15) is 0 Å². The maximum absolute atomic E-state index is 10.1. The molecule has 1 aromatic carbocycles. The predicted octanol–water partition coefficient (Wildman–Crippen LogP) is 3.38. The summed E-state index contributed by atoms with van der Waals surface area (Å²) in [6.45, 7) is 1.22. The van der Waals surface area contributed by atoms with E-state index < -0.39 is 0 Å². The Bertz CT molecular complexity index is 419. The van der Waals surface area contributed by atoms with Gasteiger partial charge in [0, 0.05) is 23.7 Å². The van der Waals surface area contributed by atoms with E-state index in [9.17, 15) is 5.11 Å². The van der Waals surface area contributed by atoms with Crippen molar-refractivity contribution < 1.29 is 9.84 Å². The van der Waals surface area contributed by atoms with Crippen LogP contribution in [-0.4, -0.2) is 24.9 Å². The monoisotopic (exact) mass is 297 g/mol. The summed E-state index contributed by atoms with van der Waals surface area (Å²) in [5, 5.41) is 14.0. The van der Waals surface area contributed by atoms with Crippen LogP contribution in [0.25, 0.3) is 0 Å². The van der Waals surface area contributed by atoms with Crippen LogP contribution >= 0.6 is 11.6 Å².